The minimum atomic E-state index is -5.81. The number of aryl methyl sites for hydroxylation is 1. The fourth-order valence-corrected chi connectivity index (χ4v) is 4.18. The van der Waals surface area contributed by atoms with Gasteiger partial charge in [-0.3, -0.25) is 10.3 Å². The summed E-state index contributed by atoms with van der Waals surface area (Å²) in [5.41, 5.74) is 2.05. The average molecular weight is 539 g/mol. The number of benzene rings is 2. The van der Waals surface area contributed by atoms with Gasteiger partial charge in [-0.05, 0) is 25.5 Å². The fourth-order valence-electron chi connectivity index (χ4n) is 4.18. The fraction of sp³-hybridized carbons (Fsp3) is 0.385. The van der Waals surface area contributed by atoms with Crippen molar-refractivity contribution in [3.63, 3.8) is 0 Å². The van der Waals surface area contributed by atoms with E-state index in [0.29, 0.717) is 62.8 Å². The molecule has 0 radical (unpaired) electrons. The minimum Gasteiger partial charge on any atom is -0.477 e. The predicted molar refractivity (Wildman–Crippen MR) is 131 cm³/mol. The topological polar surface area (TPSA) is 74.8 Å². The third-order valence-corrected chi connectivity index (χ3v) is 6.15. The smallest absolute Gasteiger partial charge is 0.477 e. The second-order valence-corrected chi connectivity index (χ2v) is 8.77. The van der Waals surface area contributed by atoms with Crippen LogP contribution in [-0.2, 0) is 4.74 Å². The van der Waals surface area contributed by atoms with Crippen molar-refractivity contribution in [1.82, 2.24) is 10.1 Å². The highest BCUT2D eigenvalue weighted by Gasteiger charge is 2.61. The van der Waals surface area contributed by atoms with Crippen LogP contribution in [-0.4, -0.2) is 67.6 Å². The zero-order chi connectivity index (χ0) is 27.3. The summed E-state index contributed by atoms with van der Waals surface area (Å²) in [6.07, 6.45) is -10.5. The molecule has 1 aromatic heterocycles. The van der Waals surface area contributed by atoms with E-state index in [1.807, 2.05) is 30.3 Å². The van der Waals surface area contributed by atoms with Gasteiger partial charge in [0.05, 0.1) is 12.3 Å². The molecular formula is C26H27F5N4O3. The van der Waals surface area contributed by atoms with Crippen molar-refractivity contribution in [3.05, 3.63) is 65.9 Å². The molecule has 1 aliphatic rings. The van der Waals surface area contributed by atoms with Crippen LogP contribution in [0, 0.1) is 12.3 Å². The lowest BCUT2D eigenvalue weighted by Crippen LogP contribution is -2.47. The lowest BCUT2D eigenvalue weighted by atomic mass is 10.1. The van der Waals surface area contributed by atoms with Crippen molar-refractivity contribution in [1.29, 1.82) is 5.41 Å². The molecule has 12 heteroatoms. The first-order chi connectivity index (χ1) is 18.1. The van der Waals surface area contributed by atoms with Crippen LogP contribution in [0.3, 0.4) is 0 Å². The molecular weight excluding hydrogens is 511 g/mol. The highest BCUT2D eigenvalue weighted by atomic mass is 19.4. The highest BCUT2D eigenvalue weighted by molar-refractivity contribution is 5.98. The Kier molecular flexibility index (Phi) is 8.20. The van der Waals surface area contributed by atoms with E-state index in [2.05, 4.69) is 14.8 Å². The van der Waals surface area contributed by atoms with Crippen LogP contribution in [0.4, 0.5) is 27.6 Å². The maximum atomic E-state index is 13.5. The predicted octanol–water partition coefficient (Wildman–Crippen LogP) is 5.74. The number of halogens is 5. The van der Waals surface area contributed by atoms with Gasteiger partial charge in [0.15, 0.2) is 0 Å². The summed E-state index contributed by atoms with van der Waals surface area (Å²) in [7, 11) is 0. The van der Waals surface area contributed by atoms with Crippen LogP contribution in [0.15, 0.2) is 59.1 Å². The van der Waals surface area contributed by atoms with Crippen molar-refractivity contribution < 1.29 is 35.9 Å². The molecule has 0 bridgehead atoms. The van der Waals surface area contributed by atoms with Gasteiger partial charge in [0.2, 0.25) is 5.90 Å². The summed E-state index contributed by atoms with van der Waals surface area (Å²) >= 11 is 0. The second kappa shape index (κ2) is 11.4. The first kappa shape index (κ1) is 27.4. The van der Waals surface area contributed by atoms with Gasteiger partial charge in [0, 0.05) is 38.3 Å². The van der Waals surface area contributed by atoms with Gasteiger partial charge in [-0.1, -0.05) is 47.6 Å². The maximum Gasteiger partial charge on any atom is 0.499 e. The Morgan fingerprint density at radius 3 is 2.32 bits per heavy atom. The van der Waals surface area contributed by atoms with E-state index >= 15 is 0 Å². The molecule has 0 atom stereocenters. The highest BCUT2D eigenvalue weighted by Crippen LogP contribution is 2.40. The Morgan fingerprint density at radius 2 is 1.63 bits per heavy atom. The van der Waals surface area contributed by atoms with Crippen LogP contribution in [0.1, 0.15) is 17.7 Å². The quantitative estimate of drug-likeness (QED) is 0.162. The molecule has 1 fully saturated rings. The van der Waals surface area contributed by atoms with Crippen molar-refractivity contribution >= 4 is 11.6 Å². The van der Waals surface area contributed by atoms with E-state index in [4.69, 9.17) is 14.7 Å². The van der Waals surface area contributed by atoms with Gasteiger partial charge in [0.25, 0.3) is 0 Å². The molecule has 2 aromatic carbocycles. The third-order valence-electron chi connectivity index (χ3n) is 6.15. The van der Waals surface area contributed by atoms with Crippen molar-refractivity contribution in [3.8, 4) is 17.0 Å². The number of nitrogens with one attached hydrogen (secondary N) is 1. The lowest BCUT2D eigenvalue weighted by Gasteiger charge is -2.37. The van der Waals surface area contributed by atoms with Crippen molar-refractivity contribution in [2.45, 2.75) is 25.6 Å². The van der Waals surface area contributed by atoms with Crippen LogP contribution >= 0.6 is 0 Å². The van der Waals surface area contributed by atoms with E-state index in [9.17, 15) is 22.0 Å². The molecule has 2 heterocycles. The number of aromatic nitrogens is 1. The summed E-state index contributed by atoms with van der Waals surface area (Å²) in [4.78, 5) is 3.86. The molecule has 0 unspecified atom stereocenters. The number of hydrogen-bond acceptors (Lipinski definition) is 7. The van der Waals surface area contributed by atoms with Crippen LogP contribution < -0.4 is 9.64 Å². The zero-order valence-corrected chi connectivity index (χ0v) is 20.6. The van der Waals surface area contributed by atoms with Gasteiger partial charge in [-0.2, -0.15) is 22.0 Å². The number of piperazine rings is 1. The van der Waals surface area contributed by atoms with Gasteiger partial charge in [0.1, 0.15) is 22.8 Å². The van der Waals surface area contributed by atoms with Crippen molar-refractivity contribution in [2.75, 3.05) is 44.2 Å². The van der Waals surface area contributed by atoms with E-state index in [0.717, 1.165) is 11.6 Å². The molecule has 0 aliphatic carbocycles. The van der Waals surface area contributed by atoms with Gasteiger partial charge >= 0.3 is 12.3 Å². The molecule has 38 heavy (non-hydrogen) atoms. The Morgan fingerprint density at radius 1 is 0.974 bits per heavy atom. The third kappa shape index (κ3) is 6.24. The number of alkyl halides is 5. The summed E-state index contributed by atoms with van der Waals surface area (Å²) in [6.45, 7) is 4.68. The Balaban J connectivity index is 1.26. The summed E-state index contributed by atoms with van der Waals surface area (Å²) in [5.74, 6) is -0.0593. The summed E-state index contributed by atoms with van der Waals surface area (Å²) < 4.78 is 79.8. The second-order valence-electron chi connectivity index (χ2n) is 8.77. The van der Waals surface area contributed by atoms with Gasteiger partial charge in [-0.15, -0.1) is 0 Å². The molecule has 4 rings (SSSR count). The molecule has 0 saturated carbocycles. The van der Waals surface area contributed by atoms with Gasteiger partial charge in [-0.25, -0.2) is 0 Å². The van der Waals surface area contributed by atoms with E-state index in [-0.39, 0.29) is 11.6 Å². The minimum absolute atomic E-state index is 0.0281. The van der Waals surface area contributed by atoms with E-state index in [1.165, 1.54) is 12.1 Å². The standard InChI is InChI=1S/C26H27F5N4O3/c1-18-22(23(33-38-18)19-8-3-2-4-9-19)24(32)36-17-7-12-34-13-15-35(16-14-34)20-10-5-6-11-21(20)37-26(30,31)25(27,28)29/h2-6,8-11,32H,7,12-17H2,1H3. The number of rotatable bonds is 9. The molecule has 7 nitrogen and oxygen atoms in total. The van der Waals surface area contributed by atoms with E-state index in [1.54, 1.807) is 17.9 Å². The molecule has 1 aliphatic heterocycles. The van der Waals surface area contributed by atoms with Crippen molar-refractivity contribution in [2.24, 2.45) is 0 Å². The SMILES string of the molecule is Cc1onc(-c2ccccc2)c1C(=N)OCCCN1CCN(c2ccccc2OC(F)(F)C(F)(F)F)CC1. The average Bonchev–Trinajstić information content (AvgIpc) is 3.28. The van der Waals surface area contributed by atoms with Crippen LogP contribution in [0.25, 0.3) is 11.3 Å². The molecule has 0 amide bonds. The lowest BCUT2D eigenvalue weighted by molar-refractivity contribution is -0.360. The number of nitrogens with zero attached hydrogens (tertiary/aromatic N) is 3. The Hall–Kier alpha value is -3.67. The summed E-state index contributed by atoms with van der Waals surface area (Å²) in [6, 6.07) is 14.9. The van der Waals surface area contributed by atoms with E-state index < -0.39 is 18.0 Å². The molecule has 3 aromatic rings. The molecule has 1 saturated heterocycles. The number of anilines is 1. The van der Waals surface area contributed by atoms with Gasteiger partial charge < -0.3 is 18.9 Å². The van der Waals surface area contributed by atoms with Crippen LogP contribution in [0.5, 0.6) is 5.75 Å². The molecule has 0 spiro atoms. The number of para-hydroxylation sites is 2. The number of ether oxygens (including phenoxy) is 2. The monoisotopic (exact) mass is 538 g/mol. The Labute approximate surface area is 216 Å². The largest absolute Gasteiger partial charge is 0.499 e. The first-order valence-electron chi connectivity index (χ1n) is 12.0. The van der Waals surface area contributed by atoms with Crippen LogP contribution in [0.2, 0.25) is 0 Å². The normalized spacial score (nSPS) is 14.9. The Bertz CT molecular complexity index is 1230. The number of hydrogen-bond donors (Lipinski definition) is 1. The molecule has 204 valence electrons. The summed E-state index contributed by atoms with van der Waals surface area (Å²) in [5, 5.41) is 12.4. The zero-order valence-electron chi connectivity index (χ0n) is 20.6. The molecule has 1 N–H and O–H groups in total. The maximum absolute atomic E-state index is 13.5. The first-order valence-corrected chi connectivity index (χ1v) is 12.0.